The molecule has 4 aromatic rings. The summed E-state index contributed by atoms with van der Waals surface area (Å²) in [6.07, 6.45) is 0.532. The molecule has 4 rings (SSSR count). The molecule has 5 nitrogen and oxygen atoms in total. The van der Waals surface area contributed by atoms with Crippen LogP contribution in [0.15, 0.2) is 67.1 Å². The summed E-state index contributed by atoms with van der Waals surface area (Å²) >= 11 is 0. The second-order valence-corrected chi connectivity index (χ2v) is 6.08. The van der Waals surface area contributed by atoms with Crippen molar-refractivity contribution < 1.29 is 17.9 Å². The molecule has 2 heterocycles. The van der Waals surface area contributed by atoms with E-state index in [9.17, 15) is 13.2 Å². The zero-order valence-corrected chi connectivity index (χ0v) is 14.7. The van der Waals surface area contributed by atoms with Crippen LogP contribution < -0.4 is 10.1 Å². The average molecular weight is 384 g/mol. The van der Waals surface area contributed by atoms with Gasteiger partial charge in [-0.1, -0.05) is 6.07 Å². The number of hydrogen-bond donors (Lipinski definition) is 1. The molecular formula is C20H15F3N4O. The molecule has 28 heavy (non-hydrogen) atoms. The summed E-state index contributed by atoms with van der Waals surface area (Å²) in [5, 5.41) is 8.03. The lowest BCUT2D eigenvalue weighted by atomic mass is 10.1. The second kappa shape index (κ2) is 6.88. The topological polar surface area (TPSA) is 52.0 Å². The zero-order chi connectivity index (χ0) is 19.7. The highest BCUT2D eigenvalue weighted by Crippen LogP contribution is 2.34. The van der Waals surface area contributed by atoms with Crippen LogP contribution >= 0.6 is 0 Å². The van der Waals surface area contributed by atoms with E-state index in [4.69, 9.17) is 4.74 Å². The molecule has 0 amide bonds. The Labute approximate surface area is 158 Å². The Morgan fingerprint density at radius 2 is 1.89 bits per heavy atom. The van der Waals surface area contributed by atoms with Crippen LogP contribution in [0.2, 0.25) is 0 Å². The summed E-state index contributed by atoms with van der Waals surface area (Å²) < 4.78 is 45.9. The van der Waals surface area contributed by atoms with E-state index in [2.05, 4.69) is 15.4 Å². The fourth-order valence-electron chi connectivity index (χ4n) is 2.92. The SMILES string of the molecule is COc1cc(Nc2ccnc3cc(C(F)(F)F)ccc23)cc(-n2cccn2)c1. The molecule has 0 fully saturated rings. The fourth-order valence-corrected chi connectivity index (χ4v) is 2.92. The average Bonchev–Trinajstić information content (AvgIpc) is 3.22. The summed E-state index contributed by atoms with van der Waals surface area (Å²) in [5.74, 6) is 0.619. The van der Waals surface area contributed by atoms with Gasteiger partial charge in [-0.3, -0.25) is 4.98 Å². The molecule has 2 aromatic carbocycles. The van der Waals surface area contributed by atoms with Crippen molar-refractivity contribution in [1.29, 1.82) is 0 Å². The molecule has 0 aliphatic carbocycles. The molecule has 0 aliphatic heterocycles. The Bertz CT molecular complexity index is 1120. The van der Waals surface area contributed by atoms with Gasteiger partial charge in [0.2, 0.25) is 0 Å². The Morgan fingerprint density at radius 3 is 2.61 bits per heavy atom. The van der Waals surface area contributed by atoms with Gasteiger partial charge >= 0.3 is 6.18 Å². The van der Waals surface area contributed by atoms with Crippen molar-refractivity contribution in [1.82, 2.24) is 14.8 Å². The van der Waals surface area contributed by atoms with Crippen LogP contribution in [0.25, 0.3) is 16.6 Å². The van der Waals surface area contributed by atoms with Gasteiger partial charge in [-0.05, 0) is 30.3 Å². The molecule has 0 aliphatic rings. The van der Waals surface area contributed by atoms with Crippen LogP contribution in [-0.2, 0) is 6.18 Å². The van der Waals surface area contributed by atoms with E-state index in [1.54, 1.807) is 42.4 Å². The molecule has 0 bridgehead atoms. The minimum Gasteiger partial charge on any atom is -0.497 e. The van der Waals surface area contributed by atoms with Crippen molar-refractivity contribution in [2.24, 2.45) is 0 Å². The van der Waals surface area contributed by atoms with E-state index in [0.717, 1.165) is 17.8 Å². The molecular weight excluding hydrogens is 369 g/mol. The molecule has 8 heteroatoms. The number of pyridine rings is 1. The molecule has 0 saturated heterocycles. The molecule has 0 unspecified atom stereocenters. The largest absolute Gasteiger partial charge is 0.497 e. The molecule has 0 saturated carbocycles. The van der Waals surface area contributed by atoms with Crippen molar-refractivity contribution in [2.75, 3.05) is 12.4 Å². The third-order valence-electron chi connectivity index (χ3n) is 4.24. The van der Waals surface area contributed by atoms with E-state index in [1.807, 2.05) is 12.1 Å². The summed E-state index contributed by atoms with van der Waals surface area (Å²) in [6.45, 7) is 0. The highest BCUT2D eigenvalue weighted by Gasteiger charge is 2.30. The maximum absolute atomic E-state index is 13.0. The van der Waals surface area contributed by atoms with Gasteiger partial charge in [0.25, 0.3) is 0 Å². The number of halogens is 3. The van der Waals surface area contributed by atoms with E-state index in [-0.39, 0.29) is 5.52 Å². The highest BCUT2D eigenvalue weighted by atomic mass is 19.4. The van der Waals surface area contributed by atoms with E-state index < -0.39 is 11.7 Å². The molecule has 0 spiro atoms. The lowest BCUT2D eigenvalue weighted by Gasteiger charge is -2.14. The van der Waals surface area contributed by atoms with Crippen molar-refractivity contribution in [3.05, 3.63) is 72.7 Å². The predicted octanol–water partition coefficient (Wildman–Crippen LogP) is 5.19. The van der Waals surface area contributed by atoms with Crippen LogP contribution in [-0.4, -0.2) is 21.9 Å². The van der Waals surface area contributed by atoms with Gasteiger partial charge in [-0.25, -0.2) is 4.68 Å². The van der Waals surface area contributed by atoms with Crippen molar-refractivity contribution in [3.63, 3.8) is 0 Å². The van der Waals surface area contributed by atoms with Crippen molar-refractivity contribution in [2.45, 2.75) is 6.18 Å². The Morgan fingerprint density at radius 1 is 1.04 bits per heavy atom. The first kappa shape index (κ1) is 17.8. The third-order valence-corrected chi connectivity index (χ3v) is 4.24. The lowest BCUT2D eigenvalue weighted by Crippen LogP contribution is -2.05. The number of anilines is 2. The molecule has 2 aromatic heterocycles. The first-order valence-electron chi connectivity index (χ1n) is 8.36. The second-order valence-electron chi connectivity index (χ2n) is 6.08. The Kier molecular flexibility index (Phi) is 4.38. The van der Waals surface area contributed by atoms with Gasteiger partial charge in [-0.15, -0.1) is 0 Å². The molecule has 142 valence electrons. The maximum atomic E-state index is 13.0. The number of ether oxygens (including phenoxy) is 1. The summed E-state index contributed by atoms with van der Waals surface area (Å²) in [4.78, 5) is 4.07. The number of fused-ring (bicyclic) bond motifs is 1. The number of alkyl halides is 3. The number of methoxy groups -OCH3 is 1. The molecule has 0 radical (unpaired) electrons. The van der Waals surface area contributed by atoms with Crippen LogP contribution in [0.1, 0.15) is 5.56 Å². The quantitative estimate of drug-likeness (QED) is 0.526. The molecule has 0 atom stereocenters. The van der Waals surface area contributed by atoms with E-state index >= 15 is 0 Å². The van der Waals surface area contributed by atoms with E-state index in [0.29, 0.717) is 22.5 Å². The van der Waals surface area contributed by atoms with Gasteiger partial charge in [0, 0.05) is 47.5 Å². The van der Waals surface area contributed by atoms with Gasteiger partial charge in [-0.2, -0.15) is 18.3 Å². The highest BCUT2D eigenvalue weighted by molar-refractivity contribution is 5.93. The lowest BCUT2D eigenvalue weighted by molar-refractivity contribution is -0.137. The van der Waals surface area contributed by atoms with Gasteiger partial charge in [0.1, 0.15) is 5.75 Å². The number of nitrogens with zero attached hydrogens (tertiary/aromatic N) is 3. The molecule has 1 N–H and O–H groups in total. The number of nitrogens with one attached hydrogen (secondary N) is 1. The van der Waals surface area contributed by atoms with Crippen molar-refractivity contribution in [3.8, 4) is 11.4 Å². The Balaban J connectivity index is 1.75. The minimum absolute atomic E-state index is 0.259. The number of benzene rings is 2. The maximum Gasteiger partial charge on any atom is 0.416 e. The summed E-state index contributed by atoms with van der Waals surface area (Å²) in [7, 11) is 1.56. The first-order valence-corrected chi connectivity index (χ1v) is 8.36. The standard InChI is InChI=1S/C20H15F3N4O/c1-28-16-11-14(10-15(12-16)27-8-2-6-25-27)26-18-5-7-24-19-9-13(20(21,22)23)3-4-17(18)19/h2-12H,1H3,(H,24,26). The predicted molar refractivity (Wildman–Crippen MR) is 100 cm³/mol. The zero-order valence-electron chi connectivity index (χ0n) is 14.7. The normalized spacial score (nSPS) is 11.6. The smallest absolute Gasteiger partial charge is 0.416 e. The van der Waals surface area contributed by atoms with Crippen LogP contribution in [0, 0.1) is 0 Å². The van der Waals surface area contributed by atoms with Gasteiger partial charge in [0.15, 0.2) is 0 Å². The van der Waals surface area contributed by atoms with Crippen LogP contribution in [0.3, 0.4) is 0 Å². The van der Waals surface area contributed by atoms with Crippen molar-refractivity contribution >= 4 is 22.3 Å². The summed E-state index contributed by atoms with van der Waals surface area (Å²) in [6, 6.07) is 12.5. The summed E-state index contributed by atoms with van der Waals surface area (Å²) in [5.41, 5.74) is 1.65. The third kappa shape index (κ3) is 3.48. The van der Waals surface area contributed by atoms with Crippen LogP contribution in [0.4, 0.5) is 24.5 Å². The number of rotatable bonds is 4. The first-order chi connectivity index (χ1) is 13.4. The monoisotopic (exact) mass is 384 g/mol. The number of hydrogen-bond acceptors (Lipinski definition) is 4. The van der Waals surface area contributed by atoms with Gasteiger partial charge < -0.3 is 10.1 Å². The Hall–Kier alpha value is -3.55. The van der Waals surface area contributed by atoms with E-state index in [1.165, 1.54) is 12.3 Å². The van der Waals surface area contributed by atoms with Crippen LogP contribution in [0.5, 0.6) is 5.75 Å². The fraction of sp³-hybridized carbons (Fsp3) is 0.100. The van der Waals surface area contributed by atoms with Gasteiger partial charge in [0.05, 0.1) is 23.9 Å². The number of aromatic nitrogens is 3. The minimum atomic E-state index is -4.41.